The second kappa shape index (κ2) is 10.1. The highest BCUT2D eigenvalue weighted by Crippen LogP contribution is 2.23. The molecule has 0 N–H and O–H groups in total. The topological polar surface area (TPSA) is 40.6 Å². The number of piperidine rings is 1. The summed E-state index contributed by atoms with van der Waals surface area (Å²) in [5.41, 5.74) is 1.54. The Morgan fingerprint density at radius 2 is 1.50 bits per heavy atom. The zero-order valence-corrected chi connectivity index (χ0v) is 16.7. The lowest BCUT2D eigenvalue weighted by atomic mass is 9.91. The van der Waals surface area contributed by atoms with Gasteiger partial charge in [0.1, 0.15) is 0 Å². The monoisotopic (exact) mass is 378 g/mol. The van der Waals surface area contributed by atoms with Crippen molar-refractivity contribution in [3.8, 4) is 0 Å². The Hall–Kier alpha value is -2.62. The third kappa shape index (κ3) is 5.22. The van der Waals surface area contributed by atoms with Crippen molar-refractivity contribution >= 4 is 11.8 Å². The highest BCUT2D eigenvalue weighted by Gasteiger charge is 2.23. The quantitative estimate of drug-likeness (QED) is 0.713. The number of carbonyl (C=O) groups is 2. The molecular formula is C24H30N2O2. The second-order valence-corrected chi connectivity index (χ2v) is 7.49. The van der Waals surface area contributed by atoms with Crippen molar-refractivity contribution in [1.29, 1.82) is 0 Å². The van der Waals surface area contributed by atoms with Crippen LogP contribution in [0.15, 0.2) is 60.7 Å². The maximum Gasteiger partial charge on any atom is 0.253 e. The van der Waals surface area contributed by atoms with Gasteiger partial charge in [-0.3, -0.25) is 9.59 Å². The molecule has 0 radical (unpaired) electrons. The van der Waals surface area contributed by atoms with E-state index in [1.54, 1.807) is 0 Å². The van der Waals surface area contributed by atoms with Crippen molar-refractivity contribution in [3.63, 3.8) is 0 Å². The van der Waals surface area contributed by atoms with Gasteiger partial charge in [-0.2, -0.15) is 0 Å². The molecule has 0 aliphatic carbocycles. The molecule has 148 valence electrons. The third-order valence-corrected chi connectivity index (χ3v) is 5.65. The van der Waals surface area contributed by atoms with Gasteiger partial charge in [0, 0.05) is 37.3 Å². The zero-order chi connectivity index (χ0) is 19.8. The standard InChI is InChI=1S/C24H30N2O2/c1-2-25(23(27)21-11-5-3-6-12-21)17-9-10-20-15-18-26(19-16-20)24(28)22-13-7-4-8-14-22/h3-8,11-14,20H,2,9-10,15-19H2,1H3. The molecule has 3 rings (SSSR count). The van der Waals surface area contributed by atoms with Crippen LogP contribution in [-0.4, -0.2) is 47.8 Å². The van der Waals surface area contributed by atoms with Gasteiger partial charge in [0.05, 0.1) is 0 Å². The summed E-state index contributed by atoms with van der Waals surface area (Å²) in [5.74, 6) is 0.904. The Labute approximate surface area is 168 Å². The predicted octanol–water partition coefficient (Wildman–Crippen LogP) is 4.48. The van der Waals surface area contributed by atoms with E-state index < -0.39 is 0 Å². The largest absolute Gasteiger partial charge is 0.339 e. The van der Waals surface area contributed by atoms with Gasteiger partial charge in [0.15, 0.2) is 0 Å². The van der Waals surface area contributed by atoms with Crippen LogP contribution in [0.2, 0.25) is 0 Å². The van der Waals surface area contributed by atoms with E-state index in [-0.39, 0.29) is 11.8 Å². The Morgan fingerprint density at radius 3 is 2.07 bits per heavy atom. The fraction of sp³-hybridized carbons (Fsp3) is 0.417. The molecule has 4 nitrogen and oxygen atoms in total. The molecule has 0 unspecified atom stereocenters. The Morgan fingerprint density at radius 1 is 0.929 bits per heavy atom. The molecule has 4 heteroatoms. The minimum absolute atomic E-state index is 0.117. The van der Waals surface area contributed by atoms with Crippen LogP contribution < -0.4 is 0 Å². The lowest BCUT2D eigenvalue weighted by Gasteiger charge is -2.32. The van der Waals surface area contributed by atoms with E-state index in [4.69, 9.17) is 0 Å². The van der Waals surface area contributed by atoms with Gasteiger partial charge in [-0.1, -0.05) is 36.4 Å². The smallest absolute Gasteiger partial charge is 0.253 e. The third-order valence-electron chi connectivity index (χ3n) is 5.65. The molecule has 0 atom stereocenters. The van der Waals surface area contributed by atoms with Crippen LogP contribution in [0.4, 0.5) is 0 Å². The number of hydrogen-bond acceptors (Lipinski definition) is 2. The van der Waals surface area contributed by atoms with Gasteiger partial charge in [-0.15, -0.1) is 0 Å². The minimum Gasteiger partial charge on any atom is -0.339 e. The average molecular weight is 379 g/mol. The number of likely N-dealkylation sites (tertiary alicyclic amines) is 1. The highest BCUT2D eigenvalue weighted by atomic mass is 16.2. The Balaban J connectivity index is 1.41. The van der Waals surface area contributed by atoms with Crippen molar-refractivity contribution in [2.75, 3.05) is 26.2 Å². The number of nitrogens with zero attached hydrogens (tertiary/aromatic N) is 2. The minimum atomic E-state index is 0.117. The molecule has 0 spiro atoms. The molecule has 1 saturated heterocycles. The van der Waals surface area contributed by atoms with Crippen molar-refractivity contribution < 1.29 is 9.59 Å². The summed E-state index contributed by atoms with van der Waals surface area (Å²) in [4.78, 5) is 29.0. The van der Waals surface area contributed by atoms with E-state index in [2.05, 4.69) is 0 Å². The van der Waals surface area contributed by atoms with Crippen molar-refractivity contribution in [2.24, 2.45) is 5.92 Å². The number of rotatable bonds is 7. The number of amides is 2. The summed E-state index contributed by atoms with van der Waals surface area (Å²) in [7, 11) is 0. The van der Waals surface area contributed by atoms with E-state index in [1.165, 1.54) is 0 Å². The van der Waals surface area contributed by atoms with Gasteiger partial charge < -0.3 is 9.80 Å². The van der Waals surface area contributed by atoms with E-state index >= 15 is 0 Å². The molecular weight excluding hydrogens is 348 g/mol. The predicted molar refractivity (Wildman–Crippen MR) is 112 cm³/mol. The summed E-state index contributed by atoms with van der Waals surface area (Å²) < 4.78 is 0. The molecule has 1 aliphatic rings. The SMILES string of the molecule is CCN(CCCC1CCN(C(=O)c2ccccc2)CC1)C(=O)c1ccccc1. The molecule has 1 fully saturated rings. The van der Waals surface area contributed by atoms with E-state index in [0.29, 0.717) is 5.92 Å². The highest BCUT2D eigenvalue weighted by molar-refractivity contribution is 5.94. The molecule has 0 saturated carbocycles. The number of carbonyl (C=O) groups excluding carboxylic acids is 2. The fourth-order valence-corrected chi connectivity index (χ4v) is 3.93. The van der Waals surface area contributed by atoms with Crippen molar-refractivity contribution in [1.82, 2.24) is 9.80 Å². The molecule has 2 aromatic carbocycles. The van der Waals surface area contributed by atoms with Crippen LogP contribution in [0.3, 0.4) is 0 Å². The van der Waals surface area contributed by atoms with E-state index in [0.717, 1.165) is 63.0 Å². The lowest BCUT2D eigenvalue weighted by Crippen LogP contribution is -2.38. The number of benzene rings is 2. The summed E-state index contributed by atoms with van der Waals surface area (Å²) in [6, 6.07) is 19.0. The molecule has 2 aromatic rings. The summed E-state index contributed by atoms with van der Waals surface area (Å²) in [5, 5.41) is 0. The van der Waals surface area contributed by atoms with Crippen LogP contribution >= 0.6 is 0 Å². The molecule has 0 bridgehead atoms. The zero-order valence-electron chi connectivity index (χ0n) is 16.7. The summed E-state index contributed by atoms with van der Waals surface area (Å²) in [6.07, 6.45) is 4.24. The average Bonchev–Trinajstić information content (AvgIpc) is 2.77. The van der Waals surface area contributed by atoms with E-state index in [9.17, 15) is 9.59 Å². The van der Waals surface area contributed by atoms with Crippen molar-refractivity contribution in [3.05, 3.63) is 71.8 Å². The van der Waals surface area contributed by atoms with Crippen LogP contribution in [0.5, 0.6) is 0 Å². The molecule has 1 heterocycles. The van der Waals surface area contributed by atoms with Gasteiger partial charge >= 0.3 is 0 Å². The maximum atomic E-state index is 12.6. The summed E-state index contributed by atoms with van der Waals surface area (Å²) >= 11 is 0. The van der Waals surface area contributed by atoms with Crippen molar-refractivity contribution in [2.45, 2.75) is 32.6 Å². The van der Waals surface area contributed by atoms with Gasteiger partial charge in [0.2, 0.25) is 0 Å². The first kappa shape index (κ1) is 20.1. The number of hydrogen-bond donors (Lipinski definition) is 0. The fourth-order valence-electron chi connectivity index (χ4n) is 3.93. The first-order chi connectivity index (χ1) is 13.7. The summed E-state index contributed by atoms with van der Waals surface area (Å²) in [6.45, 7) is 5.23. The molecule has 1 aliphatic heterocycles. The van der Waals surface area contributed by atoms with Gasteiger partial charge in [0.25, 0.3) is 11.8 Å². The van der Waals surface area contributed by atoms with Crippen LogP contribution in [0.1, 0.15) is 53.3 Å². The van der Waals surface area contributed by atoms with Gasteiger partial charge in [-0.25, -0.2) is 0 Å². The van der Waals surface area contributed by atoms with Crippen LogP contribution in [0.25, 0.3) is 0 Å². The molecule has 2 amide bonds. The maximum absolute atomic E-state index is 12.6. The molecule has 0 aromatic heterocycles. The Bertz CT molecular complexity index is 753. The lowest BCUT2D eigenvalue weighted by molar-refractivity contribution is 0.0675. The van der Waals surface area contributed by atoms with Gasteiger partial charge in [-0.05, 0) is 62.8 Å². The Kier molecular flexibility index (Phi) is 7.24. The first-order valence-electron chi connectivity index (χ1n) is 10.4. The molecule has 28 heavy (non-hydrogen) atoms. The first-order valence-corrected chi connectivity index (χ1v) is 10.4. The van der Waals surface area contributed by atoms with Crippen LogP contribution in [0, 0.1) is 5.92 Å². The second-order valence-electron chi connectivity index (χ2n) is 7.49. The van der Waals surface area contributed by atoms with Crippen LogP contribution in [-0.2, 0) is 0 Å². The van der Waals surface area contributed by atoms with E-state index in [1.807, 2.05) is 77.4 Å². The normalized spacial score (nSPS) is 14.7.